The van der Waals surface area contributed by atoms with E-state index in [1.54, 1.807) is 30.3 Å². The molecule has 0 bridgehead atoms. The number of phenolic OH excluding ortho intramolecular Hbond substituents is 1. The van der Waals surface area contributed by atoms with Crippen molar-refractivity contribution in [3.05, 3.63) is 34.7 Å². The monoisotopic (exact) mass is 323 g/mol. The molecule has 1 aliphatic rings. The molecule has 1 amide bonds. The van der Waals surface area contributed by atoms with Crippen LogP contribution in [-0.4, -0.2) is 37.9 Å². The van der Waals surface area contributed by atoms with E-state index in [1.807, 2.05) is 0 Å². The third-order valence-electron chi connectivity index (χ3n) is 2.87. The average Bonchev–Trinajstić information content (AvgIpc) is 2.68. The third-order valence-corrected chi connectivity index (χ3v) is 4.25. The number of amides is 1. The van der Waals surface area contributed by atoms with Crippen LogP contribution in [0.15, 0.2) is 29.2 Å². The minimum absolute atomic E-state index is 0.00438. The van der Waals surface area contributed by atoms with Crippen molar-refractivity contribution in [3.63, 3.8) is 0 Å². The van der Waals surface area contributed by atoms with Crippen molar-refractivity contribution in [1.29, 1.82) is 0 Å². The number of carboxylic acid groups (broad SMARTS) is 1. The number of hydrogen-bond donors (Lipinski definition) is 2. The predicted molar refractivity (Wildman–Crippen MR) is 84.9 cm³/mol. The smallest absolute Gasteiger partial charge is 0.303 e. The first-order chi connectivity index (χ1) is 9.99. The van der Waals surface area contributed by atoms with E-state index >= 15 is 0 Å². The summed E-state index contributed by atoms with van der Waals surface area (Å²) in [5.74, 6) is -1.06. The minimum Gasteiger partial charge on any atom is -0.507 e. The molecule has 0 aromatic heterocycles. The standard InChI is InChI=1S/C14H13NO4S2/c16-10-5-2-1-4-9(10)8-11-13(19)15(14(20)21-11)7-3-6-12(17)18/h1-2,4-5,8,16H,3,6-7H2,(H,17,18)/b11-8+. The zero-order chi connectivity index (χ0) is 15.4. The highest BCUT2D eigenvalue weighted by molar-refractivity contribution is 8.26. The van der Waals surface area contributed by atoms with Gasteiger partial charge in [0.1, 0.15) is 10.1 Å². The van der Waals surface area contributed by atoms with Gasteiger partial charge in [-0.2, -0.15) is 0 Å². The van der Waals surface area contributed by atoms with Crippen LogP contribution >= 0.6 is 24.0 Å². The summed E-state index contributed by atoms with van der Waals surface area (Å²) in [5, 5.41) is 18.3. The van der Waals surface area contributed by atoms with E-state index in [1.165, 1.54) is 4.90 Å². The van der Waals surface area contributed by atoms with Crippen LogP contribution in [-0.2, 0) is 9.59 Å². The lowest BCUT2D eigenvalue weighted by molar-refractivity contribution is -0.137. The van der Waals surface area contributed by atoms with Crippen molar-refractivity contribution in [2.75, 3.05) is 6.54 Å². The molecule has 5 nitrogen and oxygen atoms in total. The molecular formula is C14H13NO4S2. The summed E-state index contributed by atoms with van der Waals surface area (Å²) in [6.07, 6.45) is 1.94. The average molecular weight is 323 g/mol. The molecule has 0 spiro atoms. The predicted octanol–water partition coefficient (Wildman–Crippen LogP) is 2.46. The van der Waals surface area contributed by atoms with Gasteiger partial charge in [0.2, 0.25) is 0 Å². The van der Waals surface area contributed by atoms with E-state index in [0.717, 1.165) is 11.8 Å². The number of para-hydroxylation sites is 1. The quantitative estimate of drug-likeness (QED) is 0.640. The summed E-state index contributed by atoms with van der Waals surface area (Å²) < 4.78 is 0.409. The van der Waals surface area contributed by atoms with Crippen LogP contribution in [0, 0.1) is 0 Å². The van der Waals surface area contributed by atoms with Crippen LogP contribution in [0.1, 0.15) is 18.4 Å². The Morgan fingerprint density at radius 3 is 2.76 bits per heavy atom. The van der Waals surface area contributed by atoms with Crippen molar-refractivity contribution in [2.24, 2.45) is 0 Å². The summed E-state index contributed by atoms with van der Waals surface area (Å²) in [6, 6.07) is 6.70. The van der Waals surface area contributed by atoms with Gasteiger partial charge in [0, 0.05) is 18.5 Å². The first-order valence-electron chi connectivity index (χ1n) is 6.24. The highest BCUT2D eigenvalue weighted by Crippen LogP contribution is 2.34. The zero-order valence-electron chi connectivity index (χ0n) is 11.0. The van der Waals surface area contributed by atoms with E-state index in [4.69, 9.17) is 17.3 Å². The number of aromatic hydroxyl groups is 1. The maximum atomic E-state index is 12.2. The Labute approximate surface area is 131 Å². The topological polar surface area (TPSA) is 77.8 Å². The van der Waals surface area contributed by atoms with Crippen molar-refractivity contribution in [3.8, 4) is 5.75 Å². The fraction of sp³-hybridized carbons (Fsp3) is 0.214. The van der Waals surface area contributed by atoms with E-state index < -0.39 is 5.97 Å². The second kappa shape index (κ2) is 6.73. The number of thioether (sulfide) groups is 1. The van der Waals surface area contributed by atoms with E-state index in [-0.39, 0.29) is 24.6 Å². The number of phenols is 1. The van der Waals surface area contributed by atoms with Gasteiger partial charge in [-0.15, -0.1) is 0 Å². The zero-order valence-corrected chi connectivity index (χ0v) is 12.6. The molecule has 1 aliphatic heterocycles. The van der Waals surface area contributed by atoms with Crippen molar-refractivity contribution in [1.82, 2.24) is 4.90 Å². The second-order valence-corrected chi connectivity index (χ2v) is 6.07. The number of thiocarbonyl (C=S) groups is 1. The van der Waals surface area contributed by atoms with Crippen LogP contribution < -0.4 is 0 Å². The number of carbonyl (C=O) groups excluding carboxylic acids is 1. The Morgan fingerprint density at radius 1 is 1.38 bits per heavy atom. The lowest BCUT2D eigenvalue weighted by Gasteiger charge is -2.13. The third kappa shape index (κ3) is 3.83. The van der Waals surface area contributed by atoms with Crippen LogP contribution in [0.3, 0.4) is 0 Å². The summed E-state index contributed by atoms with van der Waals surface area (Å²) in [7, 11) is 0. The van der Waals surface area contributed by atoms with Crippen molar-refractivity contribution in [2.45, 2.75) is 12.8 Å². The Balaban J connectivity index is 2.11. The Kier molecular flexibility index (Phi) is 4.98. The summed E-state index contributed by atoms with van der Waals surface area (Å²) in [5.41, 5.74) is 0.545. The lowest BCUT2D eigenvalue weighted by Crippen LogP contribution is -2.29. The molecular weight excluding hydrogens is 310 g/mol. The molecule has 2 N–H and O–H groups in total. The molecule has 21 heavy (non-hydrogen) atoms. The number of aliphatic carboxylic acids is 1. The van der Waals surface area contributed by atoms with Crippen LogP contribution in [0.4, 0.5) is 0 Å². The van der Waals surface area contributed by atoms with Crippen LogP contribution in [0.2, 0.25) is 0 Å². The van der Waals surface area contributed by atoms with Gasteiger partial charge >= 0.3 is 5.97 Å². The summed E-state index contributed by atoms with van der Waals surface area (Å²) in [6.45, 7) is 0.287. The molecule has 7 heteroatoms. The van der Waals surface area contributed by atoms with Gasteiger partial charge < -0.3 is 10.2 Å². The molecule has 0 aliphatic carbocycles. The number of rotatable bonds is 5. The maximum absolute atomic E-state index is 12.2. The van der Waals surface area contributed by atoms with Crippen molar-refractivity contribution < 1.29 is 19.8 Å². The highest BCUT2D eigenvalue weighted by Gasteiger charge is 2.31. The molecule has 1 aromatic carbocycles. The first-order valence-corrected chi connectivity index (χ1v) is 7.46. The molecule has 1 fully saturated rings. The number of hydrogen-bond acceptors (Lipinski definition) is 5. The molecule has 0 atom stereocenters. The fourth-order valence-corrected chi connectivity index (χ4v) is 3.13. The van der Waals surface area contributed by atoms with Crippen LogP contribution in [0.5, 0.6) is 5.75 Å². The first kappa shape index (κ1) is 15.5. The van der Waals surface area contributed by atoms with E-state index in [2.05, 4.69) is 0 Å². The molecule has 1 saturated heterocycles. The van der Waals surface area contributed by atoms with Gasteiger partial charge in [-0.05, 0) is 18.6 Å². The Hall–Kier alpha value is -1.86. The second-order valence-electron chi connectivity index (χ2n) is 4.39. The Bertz CT molecular complexity index is 627. The highest BCUT2D eigenvalue weighted by atomic mass is 32.2. The number of carbonyl (C=O) groups is 2. The van der Waals surface area contributed by atoms with E-state index in [9.17, 15) is 14.7 Å². The molecule has 1 aromatic rings. The van der Waals surface area contributed by atoms with E-state index in [0.29, 0.717) is 21.2 Å². The van der Waals surface area contributed by atoms with Gasteiger partial charge in [-0.3, -0.25) is 14.5 Å². The molecule has 1 heterocycles. The summed E-state index contributed by atoms with van der Waals surface area (Å²) >= 11 is 6.29. The molecule has 0 radical (unpaired) electrons. The van der Waals surface area contributed by atoms with Gasteiger partial charge in [0.25, 0.3) is 5.91 Å². The normalized spacial score (nSPS) is 16.8. The van der Waals surface area contributed by atoms with Crippen LogP contribution in [0.25, 0.3) is 6.08 Å². The largest absolute Gasteiger partial charge is 0.507 e. The summed E-state index contributed by atoms with van der Waals surface area (Å²) in [4.78, 5) is 24.6. The molecule has 2 rings (SSSR count). The number of carboxylic acids is 1. The lowest BCUT2D eigenvalue weighted by atomic mass is 10.2. The Morgan fingerprint density at radius 2 is 2.10 bits per heavy atom. The number of benzene rings is 1. The maximum Gasteiger partial charge on any atom is 0.303 e. The number of nitrogens with zero attached hydrogens (tertiary/aromatic N) is 1. The molecule has 110 valence electrons. The fourth-order valence-electron chi connectivity index (χ4n) is 1.83. The van der Waals surface area contributed by atoms with Gasteiger partial charge in [0.15, 0.2) is 0 Å². The molecule has 0 saturated carbocycles. The van der Waals surface area contributed by atoms with Crippen molar-refractivity contribution >= 4 is 46.3 Å². The van der Waals surface area contributed by atoms with Gasteiger partial charge in [0.05, 0.1) is 4.91 Å². The SMILES string of the molecule is O=C(O)CCCN1C(=O)/C(=C\c2ccccc2O)SC1=S. The van der Waals surface area contributed by atoms with Gasteiger partial charge in [-0.1, -0.05) is 42.2 Å². The molecule has 0 unspecified atom stereocenters. The van der Waals surface area contributed by atoms with Gasteiger partial charge in [-0.25, -0.2) is 0 Å². The minimum atomic E-state index is -0.898.